The summed E-state index contributed by atoms with van der Waals surface area (Å²) < 4.78 is 1.65. The molecule has 0 saturated heterocycles. The van der Waals surface area contributed by atoms with Crippen molar-refractivity contribution < 1.29 is 4.79 Å². The predicted molar refractivity (Wildman–Crippen MR) is 117 cm³/mol. The number of fused-ring (bicyclic) bond motifs is 1. The number of carbonyl (C=O) groups excluding carboxylic acids is 1. The summed E-state index contributed by atoms with van der Waals surface area (Å²) in [5.41, 5.74) is 2.98. The molecule has 1 aliphatic heterocycles. The Morgan fingerprint density at radius 2 is 1.76 bits per heavy atom. The average molecular weight is 407 g/mol. The van der Waals surface area contributed by atoms with E-state index in [2.05, 4.69) is 73.3 Å². The van der Waals surface area contributed by atoms with Crippen molar-refractivity contribution in [3.63, 3.8) is 0 Å². The van der Waals surface area contributed by atoms with Crippen LogP contribution >= 0.6 is 11.8 Å². The second-order valence-corrected chi connectivity index (χ2v) is 9.37. The summed E-state index contributed by atoms with van der Waals surface area (Å²) in [7, 11) is 1.83. The predicted octanol–water partition coefficient (Wildman–Crippen LogP) is 4.43. The fourth-order valence-electron chi connectivity index (χ4n) is 4.61. The summed E-state index contributed by atoms with van der Waals surface area (Å²) >= 11 is 1.38. The molecule has 0 saturated carbocycles. The third-order valence-corrected chi connectivity index (χ3v) is 6.53. The molecule has 4 rings (SSSR count). The number of thioether (sulfide) groups is 1. The van der Waals surface area contributed by atoms with Gasteiger partial charge in [-0.2, -0.15) is 0 Å². The second kappa shape index (κ2) is 7.34. The molecular formula is C23H26N4OS. The number of para-hydroxylation sites is 1. The number of aryl methyl sites for hydroxylation is 1. The molecule has 1 unspecified atom stereocenters. The molecule has 0 aliphatic carbocycles. The van der Waals surface area contributed by atoms with E-state index in [1.54, 1.807) is 11.0 Å². The van der Waals surface area contributed by atoms with E-state index in [0.29, 0.717) is 10.9 Å². The first kappa shape index (κ1) is 19.7. The van der Waals surface area contributed by atoms with Gasteiger partial charge in [0.1, 0.15) is 6.33 Å². The van der Waals surface area contributed by atoms with Gasteiger partial charge >= 0.3 is 0 Å². The number of hydrogen-bond acceptors (Lipinski definition) is 4. The molecule has 0 spiro atoms. The van der Waals surface area contributed by atoms with E-state index in [-0.39, 0.29) is 16.9 Å². The third-order valence-electron chi connectivity index (χ3n) is 5.69. The smallest absolute Gasteiger partial charge is 0.237 e. The average Bonchev–Trinajstić information content (AvgIpc) is 3.11. The van der Waals surface area contributed by atoms with Crippen LogP contribution in [0.15, 0.2) is 66.1 Å². The number of amides is 1. The maximum absolute atomic E-state index is 13.3. The van der Waals surface area contributed by atoms with Gasteiger partial charge in [-0.15, -0.1) is 5.10 Å². The number of aromatic nitrogens is 3. The van der Waals surface area contributed by atoms with Gasteiger partial charge in [0.25, 0.3) is 0 Å². The van der Waals surface area contributed by atoms with Gasteiger partial charge in [0.05, 0.1) is 5.75 Å². The number of anilines is 1. The van der Waals surface area contributed by atoms with Gasteiger partial charge in [-0.1, -0.05) is 67.2 Å². The summed E-state index contributed by atoms with van der Waals surface area (Å²) in [6, 6.07) is 18.9. The summed E-state index contributed by atoms with van der Waals surface area (Å²) in [4.78, 5) is 19.5. The van der Waals surface area contributed by atoms with Crippen molar-refractivity contribution in [3.8, 4) is 0 Å². The number of benzene rings is 2. The van der Waals surface area contributed by atoms with E-state index >= 15 is 0 Å². The van der Waals surface area contributed by atoms with Gasteiger partial charge in [0.15, 0.2) is 0 Å². The van der Waals surface area contributed by atoms with Crippen molar-refractivity contribution in [2.24, 2.45) is 7.05 Å². The number of nitrogens with zero attached hydrogens (tertiary/aromatic N) is 4. The van der Waals surface area contributed by atoms with Crippen molar-refractivity contribution in [1.82, 2.24) is 14.8 Å². The molecule has 2 aromatic carbocycles. The lowest BCUT2D eigenvalue weighted by molar-refractivity contribution is -0.117. The highest BCUT2D eigenvalue weighted by atomic mass is 32.2. The SMILES string of the molecule is Cn1cnc(SCC(=O)N2c3ccccc3C(C)(c3ccccc3)CC2(C)C)n1. The Kier molecular flexibility index (Phi) is 4.99. The Morgan fingerprint density at radius 3 is 2.45 bits per heavy atom. The van der Waals surface area contributed by atoms with Gasteiger partial charge in [-0.05, 0) is 37.5 Å². The molecule has 0 fully saturated rings. The topological polar surface area (TPSA) is 51.0 Å². The lowest BCUT2D eigenvalue weighted by atomic mass is 9.65. The Bertz CT molecular complexity index is 1030. The molecule has 0 N–H and O–H groups in total. The molecule has 5 nitrogen and oxygen atoms in total. The molecule has 1 aliphatic rings. The minimum Gasteiger partial charge on any atom is -0.306 e. The first-order chi connectivity index (χ1) is 13.8. The largest absolute Gasteiger partial charge is 0.306 e. The van der Waals surface area contributed by atoms with Crippen LogP contribution in [0.1, 0.15) is 38.3 Å². The molecule has 1 atom stereocenters. The fraction of sp³-hybridized carbons (Fsp3) is 0.348. The molecule has 1 aromatic heterocycles. The first-order valence-corrected chi connectivity index (χ1v) is 10.8. The van der Waals surface area contributed by atoms with Crippen LogP contribution in [0.25, 0.3) is 0 Å². The normalized spacial score (nSPS) is 20.3. The number of rotatable bonds is 4. The van der Waals surface area contributed by atoms with Crippen LogP contribution in [0.5, 0.6) is 0 Å². The molecule has 3 aromatic rings. The van der Waals surface area contributed by atoms with E-state index in [1.165, 1.54) is 22.9 Å². The number of hydrogen-bond donors (Lipinski definition) is 0. The quantitative estimate of drug-likeness (QED) is 0.602. The van der Waals surface area contributed by atoms with Gasteiger partial charge in [0, 0.05) is 23.7 Å². The van der Waals surface area contributed by atoms with E-state index in [0.717, 1.165) is 12.1 Å². The van der Waals surface area contributed by atoms with Crippen LogP contribution in [0, 0.1) is 0 Å². The zero-order valence-corrected chi connectivity index (χ0v) is 18.1. The molecule has 0 bridgehead atoms. The second-order valence-electron chi connectivity index (χ2n) is 8.42. The summed E-state index contributed by atoms with van der Waals surface area (Å²) in [6.07, 6.45) is 2.50. The standard InChI is InChI=1S/C23H26N4OS/c1-22(2)15-23(3,17-10-6-5-7-11-17)18-12-8-9-13-19(18)27(22)20(28)14-29-21-24-16-26(4)25-21/h5-13,16H,14-15H2,1-4H3. The summed E-state index contributed by atoms with van der Waals surface area (Å²) in [5.74, 6) is 0.388. The zero-order valence-electron chi connectivity index (χ0n) is 17.3. The monoisotopic (exact) mass is 406 g/mol. The minimum absolute atomic E-state index is 0.0787. The van der Waals surface area contributed by atoms with E-state index in [9.17, 15) is 4.79 Å². The lowest BCUT2D eigenvalue weighted by Gasteiger charge is -2.51. The summed E-state index contributed by atoms with van der Waals surface area (Å²) in [5, 5.41) is 4.89. The maximum Gasteiger partial charge on any atom is 0.237 e. The Morgan fingerprint density at radius 1 is 1.07 bits per heavy atom. The molecule has 2 heterocycles. The molecule has 150 valence electrons. The van der Waals surface area contributed by atoms with Crippen LogP contribution in [0.3, 0.4) is 0 Å². The van der Waals surface area contributed by atoms with Gasteiger partial charge in [-0.25, -0.2) is 4.98 Å². The third kappa shape index (κ3) is 3.57. The molecular weight excluding hydrogens is 380 g/mol. The van der Waals surface area contributed by atoms with Crippen molar-refractivity contribution in [2.75, 3.05) is 10.7 Å². The van der Waals surface area contributed by atoms with E-state index in [1.807, 2.05) is 24.1 Å². The molecule has 0 radical (unpaired) electrons. The highest BCUT2D eigenvalue weighted by Gasteiger charge is 2.47. The van der Waals surface area contributed by atoms with Crippen molar-refractivity contribution in [2.45, 2.75) is 43.3 Å². The highest BCUT2D eigenvalue weighted by Crippen LogP contribution is 2.50. The first-order valence-electron chi connectivity index (χ1n) is 9.78. The van der Waals surface area contributed by atoms with E-state index < -0.39 is 0 Å². The van der Waals surface area contributed by atoms with Crippen LogP contribution in [-0.4, -0.2) is 32.0 Å². The maximum atomic E-state index is 13.3. The van der Waals surface area contributed by atoms with Crippen molar-refractivity contribution in [1.29, 1.82) is 0 Å². The van der Waals surface area contributed by atoms with Crippen LogP contribution < -0.4 is 4.90 Å². The van der Waals surface area contributed by atoms with Crippen LogP contribution in [-0.2, 0) is 17.3 Å². The van der Waals surface area contributed by atoms with Gasteiger partial charge < -0.3 is 4.90 Å². The lowest BCUT2D eigenvalue weighted by Crippen LogP contribution is -2.56. The Labute approximate surface area is 176 Å². The van der Waals surface area contributed by atoms with Crippen molar-refractivity contribution >= 4 is 23.4 Å². The van der Waals surface area contributed by atoms with Gasteiger partial charge in [-0.3, -0.25) is 9.48 Å². The molecule has 29 heavy (non-hydrogen) atoms. The Hall–Kier alpha value is -2.60. The van der Waals surface area contributed by atoms with Crippen molar-refractivity contribution in [3.05, 3.63) is 72.1 Å². The highest BCUT2D eigenvalue weighted by molar-refractivity contribution is 7.99. The van der Waals surface area contributed by atoms with Crippen LogP contribution in [0.2, 0.25) is 0 Å². The Balaban J connectivity index is 1.71. The van der Waals surface area contributed by atoms with Gasteiger partial charge in [0.2, 0.25) is 11.1 Å². The summed E-state index contributed by atoms with van der Waals surface area (Å²) in [6.45, 7) is 6.61. The zero-order chi connectivity index (χ0) is 20.6. The minimum atomic E-state index is -0.325. The van der Waals surface area contributed by atoms with Crippen LogP contribution in [0.4, 0.5) is 5.69 Å². The molecule has 1 amide bonds. The fourth-order valence-corrected chi connectivity index (χ4v) is 5.30. The van der Waals surface area contributed by atoms with E-state index in [4.69, 9.17) is 0 Å². The molecule has 6 heteroatoms. The number of carbonyl (C=O) groups is 1.